The van der Waals surface area contributed by atoms with Crippen LogP contribution >= 0.6 is 15.9 Å². The van der Waals surface area contributed by atoms with Gasteiger partial charge >= 0.3 is 12.5 Å². The summed E-state index contributed by atoms with van der Waals surface area (Å²) in [5.74, 6) is -1.99. The summed E-state index contributed by atoms with van der Waals surface area (Å²) < 4.78 is 75.5. The van der Waals surface area contributed by atoms with Crippen molar-refractivity contribution in [2.24, 2.45) is 0 Å². The second-order valence-electron chi connectivity index (χ2n) is 2.76. The molecule has 0 saturated heterocycles. The van der Waals surface area contributed by atoms with Crippen molar-refractivity contribution in [3.05, 3.63) is 16.2 Å². The van der Waals surface area contributed by atoms with E-state index in [1.807, 2.05) is 0 Å². The quantitative estimate of drug-likeness (QED) is 0.636. The molecule has 1 aromatic rings. The van der Waals surface area contributed by atoms with Crippen molar-refractivity contribution >= 4 is 21.7 Å². The predicted molar refractivity (Wildman–Crippen MR) is 48.0 cm³/mol. The minimum Gasteiger partial charge on any atom is -0.405 e. The SMILES string of the molecule is Nc1cc(OC(F)(F)F)c(C(F)(F)F)c(Br)n1. The van der Waals surface area contributed by atoms with Gasteiger partial charge in [0.2, 0.25) is 0 Å². The molecule has 1 aromatic heterocycles. The Morgan fingerprint density at radius 2 is 1.71 bits per heavy atom. The van der Waals surface area contributed by atoms with Crippen LogP contribution < -0.4 is 10.5 Å². The molecule has 0 radical (unpaired) electrons. The Bertz CT molecular complexity index is 430. The van der Waals surface area contributed by atoms with E-state index in [0.717, 1.165) is 0 Å². The highest BCUT2D eigenvalue weighted by Gasteiger charge is 2.42. The number of nitrogen functional groups attached to an aromatic ring is 1. The van der Waals surface area contributed by atoms with Crippen LogP contribution in [0.2, 0.25) is 0 Å². The molecule has 0 aromatic carbocycles. The second kappa shape index (κ2) is 4.24. The molecule has 96 valence electrons. The van der Waals surface area contributed by atoms with Crippen LogP contribution in [0.3, 0.4) is 0 Å². The number of alkyl halides is 6. The molecule has 0 aliphatic carbocycles. The van der Waals surface area contributed by atoms with Gasteiger partial charge in [-0.15, -0.1) is 13.2 Å². The van der Waals surface area contributed by atoms with Gasteiger partial charge in [-0.1, -0.05) is 0 Å². The fraction of sp³-hybridized carbons (Fsp3) is 0.286. The Balaban J connectivity index is 3.36. The van der Waals surface area contributed by atoms with Crippen molar-refractivity contribution in [2.75, 3.05) is 5.73 Å². The first-order valence-electron chi connectivity index (χ1n) is 3.79. The van der Waals surface area contributed by atoms with E-state index < -0.39 is 34.3 Å². The van der Waals surface area contributed by atoms with Crippen LogP contribution in [0.25, 0.3) is 0 Å². The molecule has 0 amide bonds. The maximum absolute atomic E-state index is 12.5. The Morgan fingerprint density at radius 1 is 1.18 bits per heavy atom. The Morgan fingerprint density at radius 3 is 2.12 bits per heavy atom. The lowest BCUT2D eigenvalue weighted by molar-refractivity contribution is -0.276. The van der Waals surface area contributed by atoms with Gasteiger partial charge in [-0.05, 0) is 15.9 Å². The highest BCUT2D eigenvalue weighted by atomic mass is 79.9. The average Bonchev–Trinajstić information content (AvgIpc) is 1.94. The van der Waals surface area contributed by atoms with Gasteiger partial charge in [0.1, 0.15) is 21.7 Å². The molecule has 2 N–H and O–H groups in total. The first-order valence-corrected chi connectivity index (χ1v) is 4.59. The zero-order valence-electron chi connectivity index (χ0n) is 7.66. The summed E-state index contributed by atoms with van der Waals surface area (Å²) in [6.07, 6.45) is -10.3. The minimum atomic E-state index is -5.26. The summed E-state index contributed by atoms with van der Waals surface area (Å²) in [7, 11) is 0. The van der Waals surface area contributed by atoms with Crippen LogP contribution in [0, 0.1) is 0 Å². The summed E-state index contributed by atoms with van der Waals surface area (Å²) >= 11 is 2.38. The third-order valence-electron chi connectivity index (χ3n) is 1.47. The van der Waals surface area contributed by atoms with Crippen LogP contribution in [0.4, 0.5) is 32.2 Å². The van der Waals surface area contributed by atoms with E-state index in [2.05, 4.69) is 25.7 Å². The molecule has 0 aliphatic rings. The third kappa shape index (κ3) is 3.65. The third-order valence-corrected chi connectivity index (χ3v) is 2.04. The van der Waals surface area contributed by atoms with Gasteiger partial charge in [0.05, 0.1) is 0 Å². The van der Waals surface area contributed by atoms with Crippen molar-refractivity contribution in [3.63, 3.8) is 0 Å². The van der Waals surface area contributed by atoms with Crippen molar-refractivity contribution in [1.29, 1.82) is 0 Å². The van der Waals surface area contributed by atoms with Gasteiger partial charge in [-0.3, -0.25) is 0 Å². The fourth-order valence-corrected chi connectivity index (χ4v) is 1.60. The number of rotatable bonds is 1. The Hall–Kier alpha value is -1.19. The van der Waals surface area contributed by atoms with E-state index in [4.69, 9.17) is 5.73 Å². The summed E-state index contributed by atoms with van der Waals surface area (Å²) in [5.41, 5.74) is 3.36. The van der Waals surface area contributed by atoms with Crippen LogP contribution in [0.15, 0.2) is 10.7 Å². The highest BCUT2D eigenvalue weighted by Crippen LogP contribution is 2.42. The smallest absolute Gasteiger partial charge is 0.405 e. The Kier molecular flexibility index (Phi) is 3.46. The van der Waals surface area contributed by atoms with Gasteiger partial charge in [0.15, 0.2) is 0 Å². The fourth-order valence-electron chi connectivity index (χ4n) is 0.971. The number of hydrogen-bond acceptors (Lipinski definition) is 3. The van der Waals surface area contributed by atoms with Crippen molar-refractivity contribution < 1.29 is 31.1 Å². The van der Waals surface area contributed by atoms with E-state index in [1.165, 1.54) is 0 Å². The maximum atomic E-state index is 12.5. The molecule has 0 spiro atoms. The molecule has 0 fully saturated rings. The van der Waals surface area contributed by atoms with E-state index in [1.54, 1.807) is 0 Å². The van der Waals surface area contributed by atoms with E-state index in [9.17, 15) is 26.3 Å². The van der Waals surface area contributed by atoms with E-state index in [0.29, 0.717) is 6.07 Å². The lowest BCUT2D eigenvalue weighted by Crippen LogP contribution is -2.21. The highest BCUT2D eigenvalue weighted by molar-refractivity contribution is 9.10. The molecule has 0 aliphatic heterocycles. The minimum absolute atomic E-state index is 0.348. The zero-order valence-corrected chi connectivity index (χ0v) is 9.24. The van der Waals surface area contributed by atoms with Crippen molar-refractivity contribution in [3.8, 4) is 5.75 Å². The van der Waals surface area contributed by atoms with Crippen LogP contribution in [-0.2, 0) is 6.18 Å². The van der Waals surface area contributed by atoms with E-state index in [-0.39, 0.29) is 0 Å². The second-order valence-corrected chi connectivity index (χ2v) is 3.51. The van der Waals surface area contributed by atoms with Gasteiger partial charge in [-0.25, -0.2) is 4.98 Å². The lowest BCUT2D eigenvalue weighted by atomic mass is 10.2. The monoisotopic (exact) mass is 324 g/mol. The van der Waals surface area contributed by atoms with Gasteiger partial charge in [0.25, 0.3) is 0 Å². The molecular formula is C7H3BrF6N2O. The van der Waals surface area contributed by atoms with Gasteiger partial charge in [0, 0.05) is 6.07 Å². The first-order chi connectivity index (χ1) is 7.50. The first kappa shape index (κ1) is 13.9. The van der Waals surface area contributed by atoms with Gasteiger partial charge < -0.3 is 10.5 Å². The normalized spacial score (nSPS) is 12.6. The average molecular weight is 325 g/mol. The van der Waals surface area contributed by atoms with Crippen molar-refractivity contribution in [1.82, 2.24) is 4.98 Å². The molecule has 0 atom stereocenters. The molecule has 3 nitrogen and oxygen atoms in total. The van der Waals surface area contributed by atoms with Crippen LogP contribution in [-0.4, -0.2) is 11.3 Å². The van der Waals surface area contributed by atoms with Gasteiger partial charge in [-0.2, -0.15) is 13.2 Å². The standard InChI is InChI=1S/C7H3BrF6N2O/c8-5-4(6(9,10)11)2(1-3(15)16-5)17-7(12,13)14/h1H,(H2,15,16). The maximum Gasteiger partial charge on any atom is 0.573 e. The molecule has 1 rings (SSSR count). The molecule has 0 saturated carbocycles. The topological polar surface area (TPSA) is 48.1 Å². The summed E-state index contributed by atoms with van der Waals surface area (Å²) in [5, 5.41) is 0. The molecule has 0 bridgehead atoms. The number of hydrogen-bond donors (Lipinski definition) is 1. The van der Waals surface area contributed by atoms with E-state index >= 15 is 0 Å². The molecule has 10 heteroatoms. The number of pyridine rings is 1. The lowest BCUT2D eigenvalue weighted by Gasteiger charge is -2.16. The van der Waals surface area contributed by atoms with Crippen LogP contribution in [0.5, 0.6) is 5.75 Å². The zero-order chi connectivity index (χ0) is 13.4. The number of aromatic nitrogens is 1. The molecule has 17 heavy (non-hydrogen) atoms. The summed E-state index contributed by atoms with van der Waals surface area (Å²) in [6, 6.07) is 0.348. The molecule has 0 unspecified atom stereocenters. The largest absolute Gasteiger partial charge is 0.573 e. The molecule has 1 heterocycles. The number of halogens is 7. The Labute approximate surface area is 98.7 Å². The summed E-state index contributed by atoms with van der Waals surface area (Å²) in [4.78, 5) is 3.16. The number of ether oxygens (including phenoxy) is 1. The van der Waals surface area contributed by atoms with Crippen molar-refractivity contribution in [2.45, 2.75) is 12.5 Å². The predicted octanol–water partition coefficient (Wildman–Crippen LogP) is 3.34. The van der Waals surface area contributed by atoms with Crippen LogP contribution in [0.1, 0.15) is 5.56 Å². The number of nitrogens with two attached hydrogens (primary N) is 1. The molecular weight excluding hydrogens is 322 g/mol. The number of anilines is 1. The number of nitrogens with zero attached hydrogens (tertiary/aromatic N) is 1. The summed E-state index contributed by atoms with van der Waals surface area (Å²) in [6.45, 7) is 0.